The number of nitrogens with two attached hydrogens (primary N) is 1. The van der Waals surface area contributed by atoms with Gasteiger partial charge in [-0.05, 0) is 30.7 Å². The fourth-order valence-corrected chi connectivity index (χ4v) is 1.78. The van der Waals surface area contributed by atoms with Crippen molar-refractivity contribution in [2.75, 3.05) is 0 Å². The van der Waals surface area contributed by atoms with Crippen LogP contribution in [0.15, 0.2) is 34.7 Å². The van der Waals surface area contributed by atoms with Crippen LogP contribution in [-0.4, -0.2) is 0 Å². The lowest BCUT2D eigenvalue weighted by atomic mass is 10.1. The molecule has 2 nitrogen and oxygen atoms in total. The first-order chi connectivity index (χ1) is 7.59. The number of hydrogen-bond acceptors (Lipinski definition) is 2. The van der Waals surface area contributed by atoms with E-state index in [-0.39, 0.29) is 5.02 Å². The lowest BCUT2D eigenvalue weighted by Gasteiger charge is -2.11. The molecule has 0 saturated carbocycles. The number of halogens is 2. The molecule has 2 N–H and O–H groups in total. The molecule has 2 aromatic rings. The Labute approximate surface area is 97.8 Å². The zero-order valence-electron chi connectivity index (χ0n) is 8.71. The van der Waals surface area contributed by atoms with Gasteiger partial charge in [0, 0.05) is 0 Å². The first kappa shape index (κ1) is 11.2. The highest BCUT2D eigenvalue weighted by Crippen LogP contribution is 2.29. The summed E-state index contributed by atoms with van der Waals surface area (Å²) in [6.45, 7) is 1.82. The Morgan fingerprint density at radius 3 is 2.69 bits per heavy atom. The third-order valence-corrected chi connectivity index (χ3v) is 2.78. The van der Waals surface area contributed by atoms with Crippen molar-refractivity contribution in [3.8, 4) is 0 Å². The van der Waals surface area contributed by atoms with E-state index in [2.05, 4.69) is 0 Å². The molecule has 4 heteroatoms. The van der Waals surface area contributed by atoms with Crippen LogP contribution in [0.2, 0.25) is 5.02 Å². The number of rotatable bonds is 2. The van der Waals surface area contributed by atoms with Crippen LogP contribution >= 0.6 is 11.6 Å². The summed E-state index contributed by atoms with van der Waals surface area (Å²) in [5, 5.41) is 0.0454. The highest BCUT2D eigenvalue weighted by Gasteiger charge is 2.17. The molecule has 0 amide bonds. The summed E-state index contributed by atoms with van der Waals surface area (Å²) in [6.07, 6.45) is 0. The van der Waals surface area contributed by atoms with Crippen LogP contribution in [-0.2, 0) is 0 Å². The van der Waals surface area contributed by atoms with Crippen molar-refractivity contribution in [2.24, 2.45) is 5.73 Å². The summed E-state index contributed by atoms with van der Waals surface area (Å²) in [5.41, 5.74) is 6.48. The van der Waals surface area contributed by atoms with E-state index in [0.717, 1.165) is 5.76 Å². The first-order valence-electron chi connectivity index (χ1n) is 4.85. The van der Waals surface area contributed by atoms with Gasteiger partial charge < -0.3 is 10.2 Å². The van der Waals surface area contributed by atoms with Crippen molar-refractivity contribution in [3.05, 3.63) is 58.3 Å². The third kappa shape index (κ3) is 1.96. The van der Waals surface area contributed by atoms with E-state index >= 15 is 0 Å². The summed E-state index contributed by atoms with van der Waals surface area (Å²) in [6, 6.07) is 7.59. The molecule has 1 heterocycles. The molecule has 2 rings (SSSR count). The van der Waals surface area contributed by atoms with Gasteiger partial charge in [0.15, 0.2) is 0 Å². The Morgan fingerprint density at radius 2 is 2.06 bits per heavy atom. The van der Waals surface area contributed by atoms with Gasteiger partial charge in [0.2, 0.25) is 0 Å². The van der Waals surface area contributed by atoms with Gasteiger partial charge in [-0.25, -0.2) is 4.39 Å². The number of hydrogen-bond donors (Lipinski definition) is 1. The van der Waals surface area contributed by atoms with Gasteiger partial charge in [-0.3, -0.25) is 0 Å². The zero-order valence-corrected chi connectivity index (χ0v) is 9.46. The van der Waals surface area contributed by atoms with Crippen LogP contribution in [0.3, 0.4) is 0 Å². The van der Waals surface area contributed by atoms with Crippen molar-refractivity contribution >= 4 is 11.6 Å². The Hall–Kier alpha value is -1.32. The maximum Gasteiger partial charge on any atom is 0.142 e. The van der Waals surface area contributed by atoms with Crippen molar-refractivity contribution in [1.82, 2.24) is 0 Å². The molecule has 0 spiro atoms. The summed E-state index contributed by atoms with van der Waals surface area (Å²) in [5.74, 6) is 0.862. The smallest absolute Gasteiger partial charge is 0.142 e. The number of furan rings is 1. The molecular formula is C12H11ClFNO. The monoisotopic (exact) mass is 239 g/mol. The molecule has 0 saturated heterocycles. The Balaban J connectivity index is 2.41. The molecule has 84 valence electrons. The summed E-state index contributed by atoms with van der Waals surface area (Å²) < 4.78 is 18.6. The van der Waals surface area contributed by atoms with Crippen molar-refractivity contribution in [3.63, 3.8) is 0 Å². The molecule has 0 aliphatic carbocycles. The Morgan fingerprint density at radius 1 is 1.31 bits per heavy atom. The summed E-state index contributed by atoms with van der Waals surface area (Å²) in [7, 11) is 0. The maximum atomic E-state index is 13.2. The minimum Gasteiger partial charge on any atom is -0.464 e. The van der Waals surface area contributed by atoms with Crippen LogP contribution in [0.5, 0.6) is 0 Å². The van der Waals surface area contributed by atoms with Gasteiger partial charge in [-0.2, -0.15) is 0 Å². The molecule has 0 radical (unpaired) electrons. The van der Waals surface area contributed by atoms with Crippen LogP contribution in [0.1, 0.15) is 23.1 Å². The molecule has 1 atom stereocenters. The fraction of sp³-hybridized carbons (Fsp3) is 0.167. The second-order valence-electron chi connectivity index (χ2n) is 3.57. The molecule has 16 heavy (non-hydrogen) atoms. The van der Waals surface area contributed by atoms with Crippen molar-refractivity contribution in [1.29, 1.82) is 0 Å². The van der Waals surface area contributed by atoms with Gasteiger partial charge >= 0.3 is 0 Å². The lowest BCUT2D eigenvalue weighted by Crippen LogP contribution is -2.11. The zero-order chi connectivity index (χ0) is 11.7. The molecule has 0 aliphatic heterocycles. The van der Waals surface area contributed by atoms with Crippen LogP contribution in [0.4, 0.5) is 4.39 Å². The molecule has 0 bridgehead atoms. The highest BCUT2D eigenvalue weighted by atomic mass is 35.5. The van der Waals surface area contributed by atoms with Gasteiger partial charge in [-0.15, -0.1) is 0 Å². The highest BCUT2D eigenvalue weighted by molar-refractivity contribution is 6.31. The Kier molecular flexibility index (Phi) is 2.99. The van der Waals surface area contributed by atoms with Crippen LogP contribution in [0.25, 0.3) is 0 Å². The van der Waals surface area contributed by atoms with E-state index in [4.69, 9.17) is 21.8 Å². The minimum atomic E-state index is -0.545. The summed E-state index contributed by atoms with van der Waals surface area (Å²) >= 11 is 5.85. The molecule has 1 aromatic carbocycles. The van der Waals surface area contributed by atoms with Gasteiger partial charge in [-0.1, -0.05) is 23.7 Å². The average Bonchev–Trinajstić information content (AvgIpc) is 2.68. The van der Waals surface area contributed by atoms with E-state index < -0.39 is 11.9 Å². The lowest BCUT2D eigenvalue weighted by molar-refractivity contribution is 0.465. The normalized spacial score (nSPS) is 12.8. The molecule has 0 aliphatic rings. The SMILES string of the molecule is Cc1ccc(C(N)c2cccc(F)c2Cl)o1. The van der Waals surface area contributed by atoms with Crippen molar-refractivity contribution < 1.29 is 8.81 Å². The molecule has 1 unspecified atom stereocenters. The topological polar surface area (TPSA) is 39.2 Å². The largest absolute Gasteiger partial charge is 0.464 e. The first-order valence-corrected chi connectivity index (χ1v) is 5.23. The fourth-order valence-electron chi connectivity index (χ4n) is 1.53. The second-order valence-corrected chi connectivity index (χ2v) is 3.95. The van der Waals surface area contributed by atoms with Gasteiger partial charge in [0.1, 0.15) is 17.3 Å². The minimum absolute atomic E-state index is 0.0454. The van der Waals surface area contributed by atoms with Gasteiger partial charge in [0.25, 0.3) is 0 Å². The van der Waals surface area contributed by atoms with Gasteiger partial charge in [0.05, 0.1) is 11.1 Å². The molecular weight excluding hydrogens is 229 g/mol. The van der Waals surface area contributed by atoms with Crippen LogP contribution in [0, 0.1) is 12.7 Å². The Bertz CT molecular complexity index is 509. The quantitative estimate of drug-likeness (QED) is 0.872. The van der Waals surface area contributed by atoms with Crippen molar-refractivity contribution in [2.45, 2.75) is 13.0 Å². The van der Waals surface area contributed by atoms with E-state index in [1.54, 1.807) is 18.2 Å². The van der Waals surface area contributed by atoms with E-state index in [0.29, 0.717) is 11.3 Å². The van der Waals surface area contributed by atoms with E-state index in [9.17, 15) is 4.39 Å². The summed E-state index contributed by atoms with van der Waals surface area (Å²) in [4.78, 5) is 0. The number of aryl methyl sites for hydroxylation is 1. The third-order valence-electron chi connectivity index (χ3n) is 2.38. The predicted molar refractivity (Wildman–Crippen MR) is 60.9 cm³/mol. The second kappa shape index (κ2) is 4.28. The van der Waals surface area contributed by atoms with Crippen LogP contribution < -0.4 is 5.73 Å². The molecule has 1 aromatic heterocycles. The predicted octanol–water partition coefficient (Wildman–Crippen LogP) is 3.43. The maximum absolute atomic E-state index is 13.2. The van der Waals surface area contributed by atoms with E-state index in [1.807, 2.05) is 13.0 Å². The molecule has 0 fully saturated rings. The van der Waals surface area contributed by atoms with E-state index in [1.165, 1.54) is 6.07 Å². The standard InChI is InChI=1S/C12H11ClFNO/c1-7-5-6-10(16-7)12(15)8-3-2-4-9(14)11(8)13/h2-6,12H,15H2,1H3. The average molecular weight is 240 g/mol. The number of benzene rings is 1.